The van der Waals surface area contributed by atoms with Crippen LogP contribution >= 0.6 is 12.2 Å². The first-order valence-electron chi connectivity index (χ1n) is 7.49. The largest absolute Gasteiger partial charge is 0.506 e. The van der Waals surface area contributed by atoms with Gasteiger partial charge in [0, 0.05) is 11.9 Å². The molecule has 0 amide bonds. The van der Waals surface area contributed by atoms with Gasteiger partial charge in [-0.05, 0) is 30.8 Å². The molecule has 0 unspecified atom stereocenters. The Morgan fingerprint density at radius 1 is 1.43 bits per heavy atom. The van der Waals surface area contributed by atoms with Crippen molar-refractivity contribution in [2.45, 2.75) is 32.7 Å². The Hall–Kier alpha value is -2.41. The van der Waals surface area contributed by atoms with Crippen LogP contribution in [0.1, 0.15) is 31.7 Å². The molecule has 1 aromatic carbocycles. The molecule has 0 radical (unpaired) electrons. The van der Waals surface area contributed by atoms with Gasteiger partial charge in [0.1, 0.15) is 11.3 Å². The number of nitrogens with zero attached hydrogens (tertiary/aromatic N) is 2. The van der Waals surface area contributed by atoms with Crippen LogP contribution in [0.2, 0.25) is 0 Å². The van der Waals surface area contributed by atoms with E-state index in [9.17, 15) is 9.90 Å². The molecule has 0 aliphatic rings. The molecule has 6 nitrogen and oxygen atoms in total. The lowest BCUT2D eigenvalue weighted by Crippen LogP contribution is -2.27. The molecule has 2 aromatic rings. The number of hydrazone groups is 1. The molecule has 0 saturated heterocycles. The third-order valence-electron chi connectivity index (χ3n) is 3.53. The van der Waals surface area contributed by atoms with Gasteiger partial charge in [0.2, 0.25) is 0 Å². The van der Waals surface area contributed by atoms with Crippen molar-refractivity contribution >= 4 is 34.4 Å². The number of benzene rings is 1. The fraction of sp³-hybridized carbons (Fsp3) is 0.312. The van der Waals surface area contributed by atoms with E-state index in [1.807, 2.05) is 18.2 Å². The molecule has 122 valence electrons. The van der Waals surface area contributed by atoms with Crippen molar-refractivity contribution in [1.82, 2.24) is 9.99 Å². The summed E-state index contributed by atoms with van der Waals surface area (Å²) in [6, 6.07) is 7.27. The van der Waals surface area contributed by atoms with Crippen molar-refractivity contribution in [3.63, 3.8) is 0 Å². The van der Waals surface area contributed by atoms with Gasteiger partial charge >= 0.3 is 0 Å². The second-order valence-corrected chi connectivity index (χ2v) is 5.62. The molecule has 1 aromatic heterocycles. The zero-order valence-electron chi connectivity index (χ0n) is 13.0. The second kappa shape index (κ2) is 7.73. The molecule has 1 heterocycles. The predicted molar refractivity (Wildman–Crippen MR) is 96.9 cm³/mol. The average Bonchev–Trinajstić information content (AvgIpc) is 2.53. The van der Waals surface area contributed by atoms with E-state index in [1.54, 1.807) is 10.6 Å². The topological polar surface area (TPSA) is 92.6 Å². The zero-order chi connectivity index (χ0) is 16.8. The van der Waals surface area contributed by atoms with Crippen LogP contribution in [0.15, 0.2) is 34.2 Å². The van der Waals surface area contributed by atoms with Gasteiger partial charge < -0.3 is 15.4 Å². The molecule has 4 N–H and O–H groups in total. The number of rotatable bonds is 6. The Balaban J connectivity index is 2.56. The van der Waals surface area contributed by atoms with E-state index in [2.05, 4.69) is 29.7 Å². The summed E-state index contributed by atoms with van der Waals surface area (Å²) in [6.45, 7) is 2.70. The number of aryl methyl sites for hydroxylation is 1. The van der Waals surface area contributed by atoms with Crippen LogP contribution in [0, 0.1) is 0 Å². The highest BCUT2D eigenvalue weighted by atomic mass is 32.1. The highest BCUT2D eigenvalue weighted by Gasteiger charge is 2.14. The standard InChI is InChI=1S/C16H20N4O2S/c1-2-3-6-9-20-13-8-5-4-7-11(13)14(21)12(15(20)22)10-18-19-16(17)23/h4-5,7-8,10,21H,2-3,6,9H2,1H3,(H3,17,19,23)/b18-10+. The zero-order valence-corrected chi connectivity index (χ0v) is 13.8. The van der Waals surface area contributed by atoms with Gasteiger partial charge in [0.25, 0.3) is 5.56 Å². The van der Waals surface area contributed by atoms with E-state index in [0.717, 1.165) is 19.3 Å². The lowest BCUT2D eigenvalue weighted by molar-refractivity contribution is 0.477. The number of thiocarbonyl (C=S) groups is 1. The number of nitrogens with two attached hydrogens (primary N) is 1. The number of aromatic hydroxyl groups is 1. The van der Waals surface area contributed by atoms with Crippen LogP contribution in [0.3, 0.4) is 0 Å². The first kappa shape index (κ1) is 17.0. The predicted octanol–water partition coefficient (Wildman–Crippen LogP) is 2.06. The quantitative estimate of drug-likeness (QED) is 0.326. The number of hydrogen-bond donors (Lipinski definition) is 3. The average molecular weight is 332 g/mol. The Morgan fingerprint density at radius 2 is 2.17 bits per heavy atom. The first-order chi connectivity index (χ1) is 11.1. The van der Waals surface area contributed by atoms with E-state index in [4.69, 9.17) is 5.73 Å². The third-order valence-corrected chi connectivity index (χ3v) is 3.63. The third kappa shape index (κ3) is 3.87. The summed E-state index contributed by atoms with van der Waals surface area (Å²) >= 11 is 4.66. The number of para-hydroxylation sites is 1. The van der Waals surface area contributed by atoms with Gasteiger partial charge in [-0.25, -0.2) is 0 Å². The van der Waals surface area contributed by atoms with E-state index in [1.165, 1.54) is 6.21 Å². The lowest BCUT2D eigenvalue weighted by Gasteiger charge is -2.13. The molecular weight excluding hydrogens is 312 g/mol. The normalized spacial score (nSPS) is 11.2. The minimum Gasteiger partial charge on any atom is -0.506 e. The van der Waals surface area contributed by atoms with Crippen molar-refractivity contribution in [1.29, 1.82) is 0 Å². The van der Waals surface area contributed by atoms with Crippen molar-refractivity contribution in [2.24, 2.45) is 10.8 Å². The smallest absolute Gasteiger partial charge is 0.263 e. The van der Waals surface area contributed by atoms with Crippen LogP contribution in [0.25, 0.3) is 10.9 Å². The second-order valence-electron chi connectivity index (χ2n) is 5.18. The van der Waals surface area contributed by atoms with Crippen LogP contribution in [0.4, 0.5) is 0 Å². The van der Waals surface area contributed by atoms with Crippen molar-refractivity contribution < 1.29 is 5.11 Å². The van der Waals surface area contributed by atoms with Gasteiger partial charge in [-0.15, -0.1) is 0 Å². The molecule has 0 atom stereocenters. The van der Waals surface area contributed by atoms with Gasteiger partial charge in [0.05, 0.1) is 11.7 Å². The monoisotopic (exact) mass is 332 g/mol. The fourth-order valence-corrected chi connectivity index (χ4v) is 2.48. The summed E-state index contributed by atoms with van der Waals surface area (Å²) < 4.78 is 1.67. The Morgan fingerprint density at radius 3 is 2.87 bits per heavy atom. The molecule has 23 heavy (non-hydrogen) atoms. The molecule has 2 rings (SSSR count). The molecule has 7 heteroatoms. The Labute approximate surface area is 139 Å². The Kier molecular flexibility index (Phi) is 5.70. The maximum Gasteiger partial charge on any atom is 0.263 e. The highest BCUT2D eigenvalue weighted by Crippen LogP contribution is 2.25. The number of hydrogen-bond acceptors (Lipinski definition) is 4. The van der Waals surface area contributed by atoms with Gasteiger partial charge in [-0.1, -0.05) is 31.9 Å². The van der Waals surface area contributed by atoms with E-state index < -0.39 is 0 Å². The molecule has 0 spiro atoms. The van der Waals surface area contributed by atoms with Gasteiger partial charge in [-0.2, -0.15) is 5.10 Å². The molecule has 0 bridgehead atoms. The number of unbranched alkanes of at least 4 members (excludes halogenated alkanes) is 2. The first-order valence-corrected chi connectivity index (χ1v) is 7.90. The van der Waals surface area contributed by atoms with Gasteiger partial charge in [0.15, 0.2) is 5.11 Å². The summed E-state index contributed by atoms with van der Waals surface area (Å²) in [6.07, 6.45) is 4.25. The number of aromatic nitrogens is 1. The summed E-state index contributed by atoms with van der Waals surface area (Å²) in [7, 11) is 0. The minimum absolute atomic E-state index is 0.00944. The van der Waals surface area contributed by atoms with Crippen molar-refractivity contribution in [2.75, 3.05) is 0 Å². The highest BCUT2D eigenvalue weighted by molar-refractivity contribution is 7.80. The fourth-order valence-electron chi connectivity index (χ4n) is 2.43. The summed E-state index contributed by atoms with van der Waals surface area (Å²) in [4.78, 5) is 12.7. The van der Waals surface area contributed by atoms with Crippen molar-refractivity contribution in [3.05, 3.63) is 40.2 Å². The molecule has 0 aliphatic carbocycles. The van der Waals surface area contributed by atoms with Crippen molar-refractivity contribution in [3.8, 4) is 5.75 Å². The number of nitrogens with one attached hydrogen (secondary N) is 1. The van der Waals surface area contributed by atoms with E-state index in [-0.39, 0.29) is 22.0 Å². The van der Waals surface area contributed by atoms with Crippen LogP contribution in [0.5, 0.6) is 5.75 Å². The van der Waals surface area contributed by atoms with Crippen LogP contribution < -0.4 is 16.7 Å². The van der Waals surface area contributed by atoms with E-state index in [0.29, 0.717) is 17.4 Å². The molecule has 0 fully saturated rings. The lowest BCUT2D eigenvalue weighted by atomic mass is 10.1. The molecular formula is C16H20N4O2S. The summed E-state index contributed by atoms with van der Waals surface area (Å²) in [5, 5.41) is 14.8. The molecule has 0 aliphatic heterocycles. The summed E-state index contributed by atoms with van der Waals surface area (Å²) in [5.74, 6) is -0.0918. The minimum atomic E-state index is -0.286. The maximum atomic E-state index is 12.7. The molecule has 0 saturated carbocycles. The maximum absolute atomic E-state index is 12.7. The number of fused-ring (bicyclic) bond motifs is 1. The SMILES string of the molecule is CCCCCn1c(=O)c(/C=N/NC(N)=S)c(O)c2ccccc21. The van der Waals surface area contributed by atoms with Crippen LogP contribution in [-0.2, 0) is 6.54 Å². The van der Waals surface area contributed by atoms with Crippen LogP contribution in [-0.4, -0.2) is 21.0 Å². The number of pyridine rings is 1. The van der Waals surface area contributed by atoms with Gasteiger partial charge in [-0.3, -0.25) is 10.2 Å². The Bertz CT molecular complexity index is 799. The van der Waals surface area contributed by atoms with E-state index >= 15 is 0 Å². The summed E-state index contributed by atoms with van der Waals surface area (Å²) in [5.41, 5.74) is 8.22.